The third kappa shape index (κ3) is 3.68. The Hall–Kier alpha value is -1.59. The topological polar surface area (TPSA) is 54.4 Å². The molecule has 2 N–H and O–H groups in total. The molecule has 1 aromatic carbocycles. The van der Waals surface area contributed by atoms with Crippen molar-refractivity contribution < 1.29 is 9.84 Å². The van der Waals surface area contributed by atoms with Crippen LogP contribution in [-0.2, 0) is 17.9 Å². The average molecular weight is 323 g/mol. The lowest BCUT2D eigenvalue weighted by Gasteiger charge is -2.13. The summed E-state index contributed by atoms with van der Waals surface area (Å²) in [5.41, 5.74) is 2.94. The van der Waals surface area contributed by atoms with Gasteiger partial charge in [-0.1, -0.05) is 22.0 Å². The Morgan fingerprint density at radius 2 is 2.16 bits per heavy atom. The lowest BCUT2D eigenvalue weighted by molar-refractivity contribution is 0.185. The van der Waals surface area contributed by atoms with E-state index < -0.39 is 0 Å². The second-order valence-electron chi connectivity index (χ2n) is 4.06. The Morgan fingerprint density at radius 3 is 2.84 bits per heavy atom. The fourth-order valence-electron chi connectivity index (χ4n) is 1.72. The number of benzene rings is 1. The van der Waals surface area contributed by atoms with Crippen LogP contribution in [0.1, 0.15) is 11.3 Å². The Morgan fingerprint density at radius 1 is 1.32 bits per heavy atom. The van der Waals surface area contributed by atoms with E-state index in [4.69, 9.17) is 4.74 Å². The van der Waals surface area contributed by atoms with Crippen molar-refractivity contribution in [3.63, 3.8) is 0 Å². The number of hydrogen-bond acceptors (Lipinski definition) is 4. The van der Waals surface area contributed by atoms with Gasteiger partial charge in [0.15, 0.2) is 0 Å². The normalized spacial score (nSPS) is 10.4. The van der Waals surface area contributed by atoms with E-state index in [9.17, 15) is 5.11 Å². The summed E-state index contributed by atoms with van der Waals surface area (Å²) in [7, 11) is 1.67. The third-order valence-corrected chi connectivity index (χ3v) is 3.42. The van der Waals surface area contributed by atoms with Crippen molar-refractivity contribution in [3.05, 3.63) is 52.3 Å². The molecule has 2 rings (SSSR count). The van der Waals surface area contributed by atoms with E-state index in [1.54, 1.807) is 19.2 Å². The zero-order chi connectivity index (χ0) is 13.7. The van der Waals surface area contributed by atoms with Crippen LogP contribution >= 0.6 is 15.9 Å². The van der Waals surface area contributed by atoms with Crippen molar-refractivity contribution in [2.45, 2.75) is 13.2 Å². The smallest absolute Gasteiger partial charge is 0.133 e. The second-order valence-corrected chi connectivity index (χ2v) is 4.91. The number of ether oxygens (including phenoxy) is 1. The highest BCUT2D eigenvalue weighted by molar-refractivity contribution is 9.10. The molecular weight excluding hydrogens is 308 g/mol. The molecule has 0 unspecified atom stereocenters. The van der Waals surface area contributed by atoms with Crippen LogP contribution in [0.5, 0.6) is 5.75 Å². The minimum absolute atomic E-state index is 0.172. The van der Waals surface area contributed by atoms with Crippen LogP contribution in [0.15, 0.2) is 41.0 Å². The molecular formula is C14H15BrN2O2. The van der Waals surface area contributed by atoms with E-state index in [0.29, 0.717) is 13.2 Å². The van der Waals surface area contributed by atoms with Crippen LogP contribution < -0.4 is 5.32 Å². The number of pyridine rings is 1. The maximum absolute atomic E-state index is 9.19. The first-order valence-electron chi connectivity index (χ1n) is 5.85. The molecule has 0 aliphatic carbocycles. The van der Waals surface area contributed by atoms with Crippen LogP contribution in [0.3, 0.4) is 0 Å². The highest BCUT2D eigenvalue weighted by Gasteiger charge is 2.06. The molecule has 0 spiro atoms. The summed E-state index contributed by atoms with van der Waals surface area (Å²) >= 11 is 3.52. The number of rotatable bonds is 5. The van der Waals surface area contributed by atoms with Gasteiger partial charge < -0.3 is 15.2 Å². The van der Waals surface area contributed by atoms with E-state index in [1.807, 2.05) is 18.2 Å². The monoisotopic (exact) mass is 322 g/mol. The standard InChI is InChI=1S/C14H15BrN2O2/c1-19-9-12-13(15)3-2-4-14(12)17-7-10-5-6-11(18)8-16-10/h2-6,8,17-18H,7,9H2,1H3. The number of hydrogen-bond donors (Lipinski definition) is 2. The third-order valence-electron chi connectivity index (χ3n) is 2.68. The molecule has 0 aliphatic heterocycles. The van der Waals surface area contributed by atoms with Crippen LogP contribution in [0.4, 0.5) is 5.69 Å². The summed E-state index contributed by atoms with van der Waals surface area (Å²) in [6, 6.07) is 9.37. The minimum Gasteiger partial charge on any atom is -0.506 e. The van der Waals surface area contributed by atoms with Gasteiger partial charge in [0, 0.05) is 22.8 Å². The van der Waals surface area contributed by atoms with Crippen molar-refractivity contribution in [2.75, 3.05) is 12.4 Å². The van der Waals surface area contributed by atoms with E-state index in [0.717, 1.165) is 21.4 Å². The van der Waals surface area contributed by atoms with Crippen molar-refractivity contribution in [3.8, 4) is 5.75 Å². The Labute approximate surface area is 120 Å². The van der Waals surface area contributed by atoms with Gasteiger partial charge in [0.2, 0.25) is 0 Å². The van der Waals surface area contributed by atoms with Gasteiger partial charge in [-0.25, -0.2) is 0 Å². The van der Waals surface area contributed by atoms with Crippen molar-refractivity contribution in [2.24, 2.45) is 0 Å². The molecule has 0 saturated carbocycles. The molecule has 1 heterocycles. The highest BCUT2D eigenvalue weighted by Crippen LogP contribution is 2.25. The van der Waals surface area contributed by atoms with Crippen LogP contribution in [0, 0.1) is 0 Å². The lowest BCUT2D eigenvalue weighted by atomic mass is 10.2. The van der Waals surface area contributed by atoms with Gasteiger partial charge in [-0.05, 0) is 24.3 Å². The van der Waals surface area contributed by atoms with Gasteiger partial charge in [0.1, 0.15) is 5.75 Å². The molecule has 0 bridgehead atoms. The number of nitrogens with one attached hydrogen (secondary N) is 1. The van der Waals surface area contributed by atoms with Gasteiger partial charge in [0.05, 0.1) is 25.0 Å². The number of anilines is 1. The molecule has 5 heteroatoms. The molecule has 1 aromatic heterocycles. The van der Waals surface area contributed by atoms with Crippen LogP contribution in [0.25, 0.3) is 0 Å². The molecule has 4 nitrogen and oxygen atoms in total. The summed E-state index contributed by atoms with van der Waals surface area (Å²) in [6.45, 7) is 1.13. The van der Waals surface area contributed by atoms with E-state index >= 15 is 0 Å². The zero-order valence-electron chi connectivity index (χ0n) is 10.6. The maximum Gasteiger partial charge on any atom is 0.133 e. The molecule has 100 valence electrons. The lowest BCUT2D eigenvalue weighted by Crippen LogP contribution is -2.04. The Balaban J connectivity index is 2.10. The van der Waals surface area contributed by atoms with Gasteiger partial charge >= 0.3 is 0 Å². The summed E-state index contributed by atoms with van der Waals surface area (Å²) < 4.78 is 6.21. The maximum atomic E-state index is 9.19. The predicted molar refractivity (Wildman–Crippen MR) is 78.1 cm³/mol. The van der Waals surface area contributed by atoms with E-state index in [2.05, 4.69) is 26.2 Å². The predicted octanol–water partition coefficient (Wildman–Crippen LogP) is 3.31. The summed E-state index contributed by atoms with van der Waals surface area (Å²) in [4.78, 5) is 4.14. The number of nitrogens with zero attached hydrogens (tertiary/aromatic N) is 1. The van der Waals surface area contributed by atoms with E-state index in [1.165, 1.54) is 6.20 Å². The van der Waals surface area contributed by atoms with Crippen molar-refractivity contribution in [1.29, 1.82) is 0 Å². The highest BCUT2D eigenvalue weighted by atomic mass is 79.9. The average Bonchev–Trinajstić information content (AvgIpc) is 2.41. The van der Waals surface area contributed by atoms with Gasteiger partial charge in [-0.3, -0.25) is 4.98 Å². The van der Waals surface area contributed by atoms with E-state index in [-0.39, 0.29) is 5.75 Å². The summed E-state index contributed by atoms with van der Waals surface area (Å²) in [6.07, 6.45) is 1.44. The molecule has 0 radical (unpaired) electrons. The summed E-state index contributed by atoms with van der Waals surface area (Å²) in [5, 5.41) is 12.5. The van der Waals surface area contributed by atoms with Gasteiger partial charge in [-0.2, -0.15) is 0 Å². The first-order chi connectivity index (χ1) is 9.20. The number of aromatic hydroxyl groups is 1. The fraction of sp³-hybridized carbons (Fsp3) is 0.214. The van der Waals surface area contributed by atoms with Crippen molar-refractivity contribution >= 4 is 21.6 Å². The number of aromatic nitrogens is 1. The second kappa shape index (κ2) is 6.54. The fourth-order valence-corrected chi connectivity index (χ4v) is 2.20. The first-order valence-corrected chi connectivity index (χ1v) is 6.64. The Bertz CT molecular complexity index is 544. The molecule has 0 atom stereocenters. The largest absolute Gasteiger partial charge is 0.506 e. The first kappa shape index (κ1) is 13.8. The Kier molecular flexibility index (Phi) is 4.76. The molecule has 0 aliphatic rings. The van der Waals surface area contributed by atoms with Crippen LogP contribution in [0.2, 0.25) is 0 Å². The molecule has 19 heavy (non-hydrogen) atoms. The zero-order valence-corrected chi connectivity index (χ0v) is 12.1. The molecule has 0 amide bonds. The number of methoxy groups -OCH3 is 1. The van der Waals surface area contributed by atoms with Gasteiger partial charge in [0.25, 0.3) is 0 Å². The van der Waals surface area contributed by atoms with Crippen molar-refractivity contribution in [1.82, 2.24) is 4.98 Å². The SMILES string of the molecule is COCc1c(Br)cccc1NCc1ccc(O)cn1. The summed E-state index contributed by atoms with van der Waals surface area (Å²) in [5.74, 6) is 0.172. The van der Waals surface area contributed by atoms with Gasteiger partial charge in [-0.15, -0.1) is 0 Å². The molecule has 2 aromatic rings. The van der Waals surface area contributed by atoms with Crippen LogP contribution in [-0.4, -0.2) is 17.2 Å². The quantitative estimate of drug-likeness (QED) is 0.886. The minimum atomic E-state index is 0.172. The molecule has 0 saturated heterocycles. The molecule has 0 fully saturated rings. The number of halogens is 1.